The lowest BCUT2D eigenvalue weighted by molar-refractivity contribution is 0.0821. The summed E-state index contributed by atoms with van der Waals surface area (Å²) in [7, 11) is 0. The van der Waals surface area contributed by atoms with Gasteiger partial charge in [0.15, 0.2) is 28.6 Å². The fourth-order valence-electron chi connectivity index (χ4n) is 3.25. The fraction of sp³-hybridized carbons (Fsp3) is 0.261. The predicted molar refractivity (Wildman–Crippen MR) is 116 cm³/mol. The van der Waals surface area contributed by atoms with Gasteiger partial charge >= 0.3 is 0 Å². The lowest BCUT2D eigenvalue weighted by atomic mass is 10.1. The Morgan fingerprint density at radius 3 is 2.73 bits per heavy atom. The summed E-state index contributed by atoms with van der Waals surface area (Å²) < 4.78 is 13.9. The van der Waals surface area contributed by atoms with E-state index in [4.69, 9.17) is 9.47 Å². The number of allylic oxidation sites excluding steroid dienone is 1. The molecule has 4 rings (SSSR count). The number of nitriles is 1. The van der Waals surface area contributed by atoms with Crippen LogP contribution in [0.3, 0.4) is 0 Å². The number of hydrogen-bond acceptors (Lipinski definition) is 6. The third kappa shape index (κ3) is 4.34. The quantitative estimate of drug-likeness (QED) is 0.415. The highest BCUT2D eigenvalue weighted by Crippen LogP contribution is 2.36. The number of fused-ring (bicyclic) bond motifs is 1. The van der Waals surface area contributed by atoms with E-state index in [9.17, 15) is 5.26 Å². The van der Waals surface area contributed by atoms with Crippen molar-refractivity contribution in [2.75, 3.05) is 6.61 Å². The van der Waals surface area contributed by atoms with Gasteiger partial charge in [-0.15, -0.1) is 16.8 Å². The van der Waals surface area contributed by atoms with Crippen molar-refractivity contribution in [1.82, 2.24) is 14.8 Å². The normalized spacial score (nSPS) is 15.9. The Labute approximate surface area is 180 Å². The molecular formula is C23H22N4O2S. The van der Waals surface area contributed by atoms with Crippen LogP contribution in [0, 0.1) is 18.3 Å². The Morgan fingerprint density at radius 1 is 1.23 bits per heavy atom. The second-order valence-electron chi connectivity index (χ2n) is 7.03. The summed E-state index contributed by atoms with van der Waals surface area (Å²) in [5.41, 5.74) is 2.32. The molecule has 2 aromatic carbocycles. The van der Waals surface area contributed by atoms with E-state index in [0.29, 0.717) is 36.3 Å². The van der Waals surface area contributed by atoms with Gasteiger partial charge in [-0.1, -0.05) is 59.8 Å². The molecule has 0 radical (unpaired) electrons. The molecule has 0 saturated heterocycles. The van der Waals surface area contributed by atoms with Gasteiger partial charge in [-0.3, -0.25) is 4.57 Å². The van der Waals surface area contributed by atoms with Crippen LogP contribution in [0.2, 0.25) is 0 Å². The summed E-state index contributed by atoms with van der Waals surface area (Å²) in [6.45, 7) is 6.77. The van der Waals surface area contributed by atoms with Crippen LogP contribution in [0.5, 0.6) is 11.5 Å². The van der Waals surface area contributed by atoms with Crippen LogP contribution in [0.4, 0.5) is 0 Å². The second-order valence-corrected chi connectivity index (χ2v) is 8.20. The molecule has 2 atom stereocenters. The Kier molecular flexibility index (Phi) is 6.05. The smallest absolute Gasteiger partial charge is 0.192 e. The summed E-state index contributed by atoms with van der Waals surface area (Å²) in [4.78, 5) is 0. The van der Waals surface area contributed by atoms with E-state index >= 15 is 0 Å². The molecule has 0 spiro atoms. The SMILES string of the molecule is C=CCn1c(S[C@H](C#N)Cc2ccc(C)cc2)nnc1[C@H]1COc2ccccc2O1. The number of benzene rings is 2. The molecular weight excluding hydrogens is 396 g/mol. The number of aromatic nitrogens is 3. The summed E-state index contributed by atoms with van der Waals surface area (Å²) in [6, 6.07) is 18.2. The molecule has 0 amide bonds. The van der Waals surface area contributed by atoms with Gasteiger partial charge in [-0.2, -0.15) is 5.26 Å². The number of para-hydroxylation sites is 2. The van der Waals surface area contributed by atoms with Crippen molar-refractivity contribution in [3.05, 3.63) is 78.1 Å². The maximum Gasteiger partial charge on any atom is 0.192 e. The second kappa shape index (κ2) is 9.06. The van der Waals surface area contributed by atoms with Crippen molar-refractivity contribution < 1.29 is 9.47 Å². The average molecular weight is 419 g/mol. The lowest BCUT2D eigenvalue weighted by Crippen LogP contribution is -2.25. The first-order valence-corrected chi connectivity index (χ1v) is 10.6. The van der Waals surface area contributed by atoms with Crippen LogP contribution in [0.25, 0.3) is 0 Å². The van der Waals surface area contributed by atoms with E-state index in [1.807, 2.05) is 28.8 Å². The third-order valence-corrected chi connectivity index (χ3v) is 5.86. The van der Waals surface area contributed by atoms with Crippen LogP contribution in [-0.2, 0) is 13.0 Å². The molecule has 1 aliphatic heterocycles. The molecule has 0 fully saturated rings. The van der Waals surface area contributed by atoms with E-state index in [2.05, 4.69) is 54.0 Å². The van der Waals surface area contributed by atoms with Crippen molar-refractivity contribution in [2.24, 2.45) is 0 Å². The third-order valence-electron chi connectivity index (χ3n) is 4.79. The van der Waals surface area contributed by atoms with Gasteiger partial charge in [0, 0.05) is 6.54 Å². The van der Waals surface area contributed by atoms with Crippen molar-refractivity contribution in [2.45, 2.75) is 36.4 Å². The highest BCUT2D eigenvalue weighted by molar-refractivity contribution is 8.00. The zero-order valence-electron chi connectivity index (χ0n) is 16.7. The van der Waals surface area contributed by atoms with E-state index in [1.54, 1.807) is 6.08 Å². The van der Waals surface area contributed by atoms with Crippen molar-refractivity contribution in [3.63, 3.8) is 0 Å². The van der Waals surface area contributed by atoms with Crippen LogP contribution in [0.15, 0.2) is 66.3 Å². The van der Waals surface area contributed by atoms with Gasteiger partial charge in [0.25, 0.3) is 0 Å². The fourth-order valence-corrected chi connectivity index (χ4v) is 4.22. The van der Waals surface area contributed by atoms with Gasteiger partial charge in [0.1, 0.15) is 11.9 Å². The number of thioether (sulfide) groups is 1. The minimum absolute atomic E-state index is 0.280. The maximum absolute atomic E-state index is 9.70. The standard InChI is InChI=1S/C23H22N4O2S/c1-3-12-27-22(21-15-28-19-6-4-5-7-20(19)29-21)25-26-23(27)30-18(14-24)13-17-10-8-16(2)9-11-17/h3-11,18,21H,1,12-13,15H2,2H3/t18-,21+/m0/s1. The molecule has 0 saturated carbocycles. The van der Waals surface area contributed by atoms with Crippen molar-refractivity contribution >= 4 is 11.8 Å². The van der Waals surface area contributed by atoms with Crippen LogP contribution < -0.4 is 9.47 Å². The van der Waals surface area contributed by atoms with Gasteiger partial charge in [0.05, 0.1) is 6.07 Å². The Balaban J connectivity index is 1.54. The van der Waals surface area contributed by atoms with Crippen LogP contribution >= 0.6 is 11.8 Å². The number of rotatable bonds is 7. The molecule has 2 heterocycles. The Morgan fingerprint density at radius 2 is 2.00 bits per heavy atom. The first-order valence-electron chi connectivity index (χ1n) is 9.72. The number of nitrogens with zero attached hydrogens (tertiary/aromatic N) is 4. The molecule has 7 heteroatoms. The Hall–Kier alpha value is -3.24. The van der Waals surface area contributed by atoms with Gasteiger partial charge in [0.2, 0.25) is 0 Å². The first kappa shape index (κ1) is 20.0. The van der Waals surface area contributed by atoms with Gasteiger partial charge < -0.3 is 9.47 Å². The van der Waals surface area contributed by atoms with E-state index in [0.717, 1.165) is 11.3 Å². The zero-order valence-corrected chi connectivity index (χ0v) is 17.5. The first-order chi connectivity index (χ1) is 14.7. The van der Waals surface area contributed by atoms with Gasteiger partial charge in [-0.05, 0) is 31.0 Å². The summed E-state index contributed by atoms with van der Waals surface area (Å²) in [5, 5.41) is 18.8. The molecule has 3 aromatic rings. The highest BCUT2D eigenvalue weighted by Gasteiger charge is 2.29. The minimum atomic E-state index is -0.376. The molecule has 152 valence electrons. The van der Waals surface area contributed by atoms with Crippen LogP contribution in [0.1, 0.15) is 23.1 Å². The molecule has 1 aromatic heterocycles. The molecule has 1 aliphatic rings. The maximum atomic E-state index is 9.70. The molecule has 0 aliphatic carbocycles. The number of ether oxygens (including phenoxy) is 2. The Bertz CT molecular complexity index is 1070. The monoisotopic (exact) mass is 418 g/mol. The summed E-state index contributed by atoms with van der Waals surface area (Å²) in [5.74, 6) is 2.07. The summed E-state index contributed by atoms with van der Waals surface area (Å²) >= 11 is 1.41. The highest BCUT2D eigenvalue weighted by atomic mass is 32.2. The van der Waals surface area contributed by atoms with E-state index in [1.165, 1.54) is 17.3 Å². The zero-order chi connectivity index (χ0) is 20.9. The molecule has 0 unspecified atom stereocenters. The molecule has 0 N–H and O–H groups in total. The van der Waals surface area contributed by atoms with E-state index in [-0.39, 0.29) is 11.4 Å². The molecule has 6 nitrogen and oxygen atoms in total. The van der Waals surface area contributed by atoms with Crippen molar-refractivity contribution in [3.8, 4) is 17.6 Å². The number of hydrogen-bond donors (Lipinski definition) is 0. The average Bonchev–Trinajstić information content (AvgIpc) is 3.17. The molecule has 30 heavy (non-hydrogen) atoms. The largest absolute Gasteiger partial charge is 0.485 e. The predicted octanol–water partition coefficient (Wildman–Crippen LogP) is 4.51. The topological polar surface area (TPSA) is 73.0 Å². The summed E-state index contributed by atoms with van der Waals surface area (Å²) in [6.07, 6.45) is 2.05. The molecule has 0 bridgehead atoms. The number of aryl methyl sites for hydroxylation is 1. The van der Waals surface area contributed by atoms with E-state index < -0.39 is 0 Å². The van der Waals surface area contributed by atoms with Gasteiger partial charge in [-0.25, -0.2) is 0 Å². The van der Waals surface area contributed by atoms with Crippen molar-refractivity contribution in [1.29, 1.82) is 5.26 Å². The lowest BCUT2D eigenvalue weighted by Gasteiger charge is -2.26. The minimum Gasteiger partial charge on any atom is -0.485 e. The van der Waals surface area contributed by atoms with Crippen LogP contribution in [-0.4, -0.2) is 26.6 Å².